The fourth-order valence-electron chi connectivity index (χ4n) is 1.72. The number of nitrogens with zero attached hydrogens (tertiary/aromatic N) is 2. The molecule has 0 N–H and O–H groups in total. The Balaban J connectivity index is 2.81. The van der Waals surface area contributed by atoms with Crippen molar-refractivity contribution in [1.82, 2.24) is 0 Å². The van der Waals surface area contributed by atoms with E-state index in [4.69, 9.17) is 4.74 Å². The van der Waals surface area contributed by atoms with Gasteiger partial charge in [-0.2, -0.15) is 0 Å². The topological polar surface area (TPSA) is 130 Å². The van der Waals surface area contributed by atoms with Crippen molar-refractivity contribution in [3.63, 3.8) is 0 Å². The van der Waals surface area contributed by atoms with Crippen molar-refractivity contribution in [2.24, 2.45) is 0 Å². The van der Waals surface area contributed by atoms with Gasteiger partial charge in [0, 0.05) is 6.07 Å². The second kappa shape index (κ2) is 8.93. The molecule has 0 fully saturated rings. The molecular weight excluding hydrogens is 328 g/mol. The Labute approximate surface area is 134 Å². The molecule has 0 saturated heterocycles. The first-order chi connectivity index (χ1) is 10.9. The zero-order valence-electron chi connectivity index (χ0n) is 12.4. The van der Waals surface area contributed by atoms with Crippen LogP contribution in [0.2, 0.25) is 0 Å². The van der Waals surface area contributed by atoms with Crippen molar-refractivity contribution in [2.75, 3.05) is 12.4 Å². The summed E-state index contributed by atoms with van der Waals surface area (Å²) in [6.45, 7) is 2.19. The molecule has 0 aromatic heterocycles. The molecule has 126 valence electrons. The monoisotopic (exact) mass is 344 g/mol. The third-order valence-electron chi connectivity index (χ3n) is 2.86. The molecule has 0 heterocycles. The molecular formula is C13H16N2O7S. The number of carbonyl (C=O) groups is 1. The third-order valence-corrected chi connectivity index (χ3v) is 4.19. The summed E-state index contributed by atoms with van der Waals surface area (Å²) in [7, 11) is -2.01. The van der Waals surface area contributed by atoms with E-state index in [1.807, 2.05) is 6.92 Å². The molecule has 0 unspecified atom stereocenters. The summed E-state index contributed by atoms with van der Waals surface area (Å²) in [4.78, 5) is 31.3. The first-order valence-electron chi connectivity index (χ1n) is 6.83. The summed E-state index contributed by atoms with van der Waals surface area (Å²) in [5.74, 6) is -1.27. The molecule has 0 aliphatic carbocycles. The smallest absolute Gasteiger partial charge is 0.318 e. The maximum absolute atomic E-state index is 12.1. The van der Waals surface area contributed by atoms with Gasteiger partial charge < -0.3 is 4.74 Å². The number of hydrogen-bond donors (Lipinski definition) is 0. The van der Waals surface area contributed by atoms with Gasteiger partial charge in [0.05, 0.1) is 33.3 Å². The van der Waals surface area contributed by atoms with Gasteiger partial charge in [0.25, 0.3) is 11.4 Å². The lowest BCUT2D eigenvalue weighted by Crippen LogP contribution is -2.15. The van der Waals surface area contributed by atoms with E-state index in [1.165, 1.54) is 0 Å². The summed E-state index contributed by atoms with van der Waals surface area (Å²) in [6, 6.07) is 2.75. The summed E-state index contributed by atoms with van der Waals surface area (Å²) >= 11 is 0. The lowest BCUT2D eigenvalue weighted by molar-refractivity contribution is -0.396. The number of nitro groups is 2. The van der Waals surface area contributed by atoms with E-state index < -0.39 is 43.7 Å². The quantitative estimate of drug-likeness (QED) is 0.291. The molecule has 0 amide bonds. The number of esters is 1. The number of non-ortho nitro benzene ring substituents is 1. The van der Waals surface area contributed by atoms with Gasteiger partial charge in [0.15, 0.2) is 0 Å². The van der Waals surface area contributed by atoms with E-state index in [0.717, 1.165) is 31.0 Å². The Kier molecular flexibility index (Phi) is 7.26. The van der Waals surface area contributed by atoms with E-state index >= 15 is 0 Å². The Hall–Kier alpha value is -2.36. The van der Waals surface area contributed by atoms with Crippen molar-refractivity contribution >= 4 is 28.1 Å². The lowest BCUT2D eigenvalue weighted by Gasteiger charge is -2.05. The highest BCUT2D eigenvalue weighted by Crippen LogP contribution is 2.27. The van der Waals surface area contributed by atoms with Gasteiger partial charge in [-0.05, 0) is 12.5 Å². The summed E-state index contributed by atoms with van der Waals surface area (Å²) in [5, 5.41) is 21.6. The second-order valence-corrected chi connectivity index (χ2v) is 6.00. The molecule has 1 aromatic carbocycles. The lowest BCUT2D eigenvalue weighted by atomic mass is 10.3. The first kappa shape index (κ1) is 18.7. The van der Waals surface area contributed by atoms with Crippen LogP contribution in [0.25, 0.3) is 0 Å². The Bertz CT molecular complexity index is 633. The predicted octanol–water partition coefficient (Wildman–Crippen LogP) is 2.34. The SMILES string of the molecule is CCCCCOC(=O)C[S@@](=O)c1ccc([N+](=O)[O-])cc1[N+](=O)[O-]. The van der Waals surface area contributed by atoms with Crippen LogP contribution in [0.5, 0.6) is 0 Å². The molecule has 9 nitrogen and oxygen atoms in total. The zero-order valence-corrected chi connectivity index (χ0v) is 13.2. The Morgan fingerprint density at radius 2 is 1.91 bits per heavy atom. The van der Waals surface area contributed by atoms with E-state index in [0.29, 0.717) is 6.42 Å². The van der Waals surface area contributed by atoms with E-state index in [1.54, 1.807) is 0 Å². The number of hydrogen-bond acceptors (Lipinski definition) is 7. The van der Waals surface area contributed by atoms with E-state index in [-0.39, 0.29) is 11.5 Å². The van der Waals surface area contributed by atoms with Crippen LogP contribution in [0.1, 0.15) is 26.2 Å². The molecule has 23 heavy (non-hydrogen) atoms. The molecule has 0 aliphatic heterocycles. The maximum Gasteiger partial charge on any atom is 0.318 e. The van der Waals surface area contributed by atoms with Gasteiger partial charge in [-0.1, -0.05) is 19.8 Å². The van der Waals surface area contributed by atoms with Crippen LogP contribution < -0.4 is 0 Å². The van der Waals surface area contributed by atoms with Gasteiger partial charge >= 0.3 is 5.97 Å². The van der Waals surface area contributed by atoms with Crippen molar-refractivity contribution in [1.29, 1.82) is 0 Å². The van der Waals surface area contributed by atoms with Crippen LogP contribution in [0.3, 0.4) is 0 Å². The van der Waals surface area contributed by atoms with E-state index in [2.05, 4.69) is 0 Å². The van der Waals surface area contributed by atoms with Crippen LogP contribution >= 0.6 is 0 Å². The minimum atomic E-state index is -2.01. The number of ether oxygens (including phenoxy) is 1. The third kappa shape index (κ3) is 5.74. The average Bonchev–Trinajstić information content (AvgIpc) is 2.50. The van der Waals surface area contributed by atoms with Crippen LogP contribution in [-0.4, -0.2) is 32.4 Å². The minimum absolute atomic E-state index is 0.201. The number of benzene rings is 1. The van der Waals surface area contributed by atoms with Gasteiger partial charge in [-0.3, -0.25) is 29.2 Å². The Morgan fingerprint density at radius 1 is 1.22 bits per heavy atom. The number of nitro benzene ring substituents is 2. The van der Waals surface area contributed by atoms with Crippen molar-refractivity contribution in [3.05, 3.63) is 38.4 Å². The molecule has 0 radical (unpaired) electrons. The fourth-order valence-corrected chi connectivity index (χ4v) is 2.76. The van der Waals surface area contributed by atoms with Crippen LogP contribution in [0.15, 0.2) is 23.1 Å². The number of carbonyl (C=O) groups excluding carboxylic acids is 1. The highest BCUT2D eigenvalue weighted by molar-refractivity contribution is 7.85. The Morgan fingerprint density at radius 3 is 2.48 bits per heavy atom. The van der Waals surface area contributed by atoms with E-state index in [9.17, 15) is 29.2 Å². The summed E-state index contributed by atoms with van der Waals surface area (Å²) < 4.78 is 17.0. The zero-order chi connectivity index (χ0) is 17.4. The fraction of sp³-hybridized carbons (Fsp3) is 0.462. The predicted molar refractivity (Wildman–Crippen MR) is 81.5 cm³/mol. The van der Waals surface area contributed by atoms with Crippen LogP contribution in [0.4, 0.5) is 11.4 Å². The molecule has 0 spiro atoms. The molecule has 1 aromatic rings. The van der Waals surface area contributed by atoms with Crippen molar-refractivity contribution < 1.29 is 23.6 Å². The largest absolute Gasteiger partial charge is 0.465 e. The molecule has 0 saturated carbocycles. The van der Waals surface area contributed by atoms with Gasteiger partial charge in [-0.25, -0.2) is 0 Å². The summed E-state index contributed by atoms with van der Waals surface area (Å²) in [5.41, 5.74) is -1.14. The standard InChI is InChI=1S/C13H16N2O7S/c1-2-3-4-7-22-13(16)9-23(21)12-6-5-10(14(17)18)8-11(12)15(19)20/h5-6,8H,2-4,7,9H2,1H3/t23-/m1/s1. The number of rotatable bonds is 9. The van der Waals surface area contributed by atoms with Gasteiger partial charge in [-0.15, -0.1) is 0 Å². The summed E-state index contributed by atoms with van der Waals surface area (Å²) in [6.07, 6.45) is 2.54. The van der Waals surface area contributed by atoms with Crippen LogP contribution in [0, 0.1) is 20.2 Å². The normalized spacial score (nSPS) is 11.7. The number of unbranched alkanes of at least 4 members (excludes halogenated alkanes) is 2. The molecule has 0 aliphatic rings. The molecule has 1 rings (SSSR count). The molecule has 0 bridgehead atoms. The van der Waals surface area contributed by atoms with Gasteiger partial charge in [0.2, 0.25) is 0 Å². The maximum atomic E-state index is 12.1. The molecule has 10 heteroatoms. The van der Waals surface area contributed by atoms with Crippen LogP contribution in [-0.2, 0) is 20.3 Å². The minimum Gasteiger partial charge on any atom is -0.465 e. The van der Waals surface area contributed by atoms with Crippen molar-refractivity contribution in [2.45, 2.75) is 31.1 Å². The first-order valence-corrected chi connectivity index (χ1v) is 8.15. The van der Waals surface area contributed by atoms with Crippen molar-refractivity contribution in [3.8, 4) is 0 Å². The highest BCUT2D eigenvalue weighted by Gasteiger charge is 2.24. The second-order valence-electron chi connectivity index (χ2n) is 4.58. The average molecular weight is 344 g/mol. The van der Waals surface area contributed by atoms with Gasteiger partial charge in [0.1, 0.15) is 10.6 Å². The molecule has 1 atom stereocenters. The highest BCUT2D eigenvalue weighted by atomic mass is 32.2.